The Morgan fingerprint density at radius 2 is 1.48 bits per heavy atom. The van der Waals surface area contributed by atoms with Crippen LogP contribution in [0.1, 0.15) is 70.9 Å². The number of likely N-dealkylation sites (tertiary alicyclic amines) is 1. The van der Waals surface area contributed by atoms with Crippen LogP contribution in [-0.4, -0.2) is 53.5 Å². The van der Waals surface area contributed by atoms with Gasteiger partial charge in [-0.3, -0.25) is 14.7 Å². The molecule has 2 aromatic carbocycles. The molecule has 0 aromatic heterocycles. The third-order valence-electron chi connectivity index (χ3n) is 7.28. The lowest BCUT2D eigenvalue weighted by atomic mass is 9.89. The van der Waals surface area contributed by atoms with E-state index in [0.29, 0.717) is 29.9 Å². The standard InChI is InChI=1S/C26H31F2N3O.C4H8.C4H6.CH4S/c1-18(30-15-13-21(14-16-30)20-4-8-23(27)9-5-20)12-17-31-19(2)29-26(3,25(31)32)22-6-10-24(28)11-7-22;1-4(2)3;1-3-4-2;1-2/h4-11,18,21H,12-17H2,1-3H3;1H2,2-3H3;3-4H,1-2H2;2H,1H3/t18-,26?;;;/m0.../s1. The van der Waals surface area contributed by atoms with Gasteiger partial charge in [-0.25, -0.2) is 8.78 Å². The molecule has 1 fully saturated rings. The van der Waals surface area contributed by atoms with Gasteiger partial charge in [-0.1, -0.05) is 55.1 Å². The Kier molecular flexibility index (Phi) is 16.3. The van der Waals surface area contributed by atoms with E-state index < -0.39 is 5.54 Å². The van der Waals surface area contributed by atoms with Gasteiger partial charge in [0.25, 0.3) is 5.91 Å². The van der Waals surface area contributed by atoms with Crippen molar-refractivity contribution < 1.29 is 13.6 Å². The first-order chi connectivity index (χ1) is 19.9. The fourth-order valence-corrected chi connectivity index (χ4v) is 4.97. The van der Waals surface area contributed by atoms with Crippen molar-refractivity contribution in [1.29, 1.82) is 0 Å². The number of halogens is 2. The molecule has 0 bridgehead atoms. The zero-order valence-electron chi connectivity index (χ0n) is 26.2. The van der Waals surface area contributed by atoms with Gasteiger partial charge in [-0.05, 0) is 115 Å². The van der Waals surface area contributed by atoms with E-state index in [1.807, 2.05) is 32.9 Å². The molecule has 0 spiro atoms. The van der Waals surface area contributed by atoms with Gasteiger partial charge in [0.15, 0.2) is 5.54 Å². The Bertz CT molecular complexity index is 1160. The van der Waals surface area contributed by atoms with Crippen LogP contribution in [0.3, 0.4) is 0 Å². The Balaban J connectivity index is 0.000000773. The quantitative estimate of drug-likeness (QED) is 0.197. The van der Waals surface area contributed by atoms with Gasteiger partial charge >= 0.3 is 0 Å². The third-order valence-corrected chi connectivity index (χ3v) is 7.28. The maximum atomic E-state index is 13.3. The molecule has 42 heavy (non-hydrogen) atoms. The molecule has 230 valence electrons. The van der Waals surface area contributed by atoms with Crippen LogP contribution in [0.2, 0.25) is 0 Å². The molecule has 1 saturated heterocycles. The SMILES string of the molecule is C=C(C)C.C=CC=C.CC1=NC(C)(c2ccc(F)cc2)C(=O)N1CC[C@H](C)N1CCC(c2ccc(F)cc2)CC1.CS. The van der Waals surface area contributed by atoms with E-state index in [4.69, 9.17) is 0 Å². The van der Waals surface area contributed by atoms with Crippen LogP contribution in [0, 0.1) is 11.6 Å². The monoisotopic (exact) mass is 597 g/mol. The predicted molar refractivity (Wildman–Crippen MR) is 178 cm³/mol. The summed E-state index contributed by atoms with van der Waals surface area (Å²) in [6, 6.07) is 13.3. The number of allylic oxidation sites excluding steroid dienone is 3. The number of carbonyl (C=O) groups is 1. The summed E-state index contributed by atoms with van der Waals surface area (Å²) in [4.78, 5) is 22.1. The molecular weight excluding hydrogens is 548 g/mol. The molecule has 0 N–H and O–H groups in total. The zero-order chi connectivity index (χ0) is 31.9. The lowest BCUT2D eigenvalue weighted by Gasteiger charge is -2.37. The topological polar surface area (TPSA) is 35.9 Å². The molecular formula is C35H49F2N3OS. The first kappa shape index (κ1) is 37.0. The van der Waals surface area contributed by atoms with Gasteiger partial charge in [0.1, 0.15) is 17.5 Å². The van der Waals surface area contributed by atoms with E-state index in [1.165, 1.54) is 23.3 Å². The molecule has 1 unspecified atom stereocenters. The van der Waals surface area contributed by atoms with E-state index in [-0.39, 0.29) is 17.5 Å². The van der Waals surface area contributed by atoms with E-state index >= 15 is 0 Å². The molecule has 2 aliphatic heterocycles. The second kappa shape index (κ2) is 18.5. The van der Waals surface area contributed by atoms with Crippen molar-refractivity contribution in [2.45, 2.75) is 71.4 Å². The van der Waals surface area contributed by atoms with E-state index in [1.54, 1.807) is 54.5 Å². The Morgan fingerprint density at radius 3 is 1.93 bits per heavy atom. The minimum Gasteiger partial charge on any atom is -0.301 e. The fraction of sp³-hybridized carbons (Fsp3) is 0.429. The highest BCUT2D eigenvalue weighted by molar-refractivity contribution is 7.79. The lowest BCUT2D eigenvalue weighted by molar-refractivity contribution is -0.131. The summed E-state index contributed by atoms with van der Waals surface area (Å²) >= 11 is 3.53. The van der Waals surface area contributed by atoms with Gasteiger partial charge in [0, 0.05) is 12.6 Å². The van der Waals surface area contributed by atoms with Crippen molar-refractivity contribution in [1.82, 2.24) is 9.80 Å². The molecule has 2 aromatic rings. The molecule has 0 saturated carbocycles. The normalized spacial score (nSPS) is 19.1. The number of thiol groups is 1. The van der Waals surface area contributed by atoms with Gasteiger partial charge < -0.3 is 4.90 Å². The first-order valence-corrected chi connectivity index (χ1v) is 15.3. The smallest absolute Gasteiger partial charge is 0.260 e. The Labute approximate surface area is 258 Å². The molecule has 0 aliphatic carbocycles. The number of piperidine rings is 1. The van der Waals surface area contributed by atoms with Crippen molar-refractivity contribution in [2.24, 2.45) is 4.99 Å². The van der Waals surface area contributed by atoms with Gasteiger partial charge in [-0.2, -0.15) is 12.6 Å². The van der Waals surface area contributed by atoms with Crippen LogP contribution in [0.4, 0.5) is 8.78 Å². The van der Waals surface area contributed by atoms with Crippen LogP contribution >= 0.6 is 12.6 Å². The molecule has 7 heteroatoms. The highest BCUT2D eigenvalue weighted by Crippen LogP contribution is 2.34. The fourth-order valence-electron chi connectivity index (χ4n) is 4.97. The number of hydrogen-bond acceptors (Lipinski definition) is 4. The number of amidine groups is 1. The van der Waals surface area contributed by atoms with Gasteiger partial charge in [0.05, 0.1) is 0 Å². The van der Waals surface area contributed by atoms with Crippen molar-refractivity contribution >= 4 is 24.4 Å². The first-order valence-electron chi connectivity index (χ1n) is 14.4. The van der Waals surface area contributed by atoms with Crippen molar-refractivity contribution in [3.63, 3.8) is 0 Å². The Hall–Kier alpha value is -3.03. The average molecular weight is 598 g/mol. The van der Waals surface area contributed by atoms with Crippen LogP contribution in [0.15, 0.2) is 91.0 Å². The van der Waals surface area contributed by atoms with E-state index in [9.17, 15) is 13.6 Å². The number of rotatable bonds is 7. The average Bonchev–Trinajstić information content (AvgIpc) is 3.21. The molecule has 2 heterocycles. The summed E-state index contributed by atoms with van der Waals surface area (Å²) < 4.78 is 26.5. The van der Waals surface area contributed by atoms with Crippen molar-refractivity contribution in [3.05, 3.63) is 109 Å². The summed E-state index contributed by atoms with van der Waals surface area (Å²) in [5.41, 5.74) is 2.10. The van der Waals surface area contributed by atoms with Crippen LogP contribution < -0.4 is 0 Å². The van der Waals surface area contributed by atoms with E-state index in [2.05, 4.69) is 49.2 Å². The van der Waals surface area contributed by atoms with E-state index in [0.717, 1.165) is 32.4 Å². The lowest BCUT2D eigenvalue weighted by Crippen LogP contribution is -2.43. The summed E-state index contributed by atoms with van der Waals surface area (Å²) in [5, 5.41) is 0. The largest absolute Gasteiger partial charge is 0.301 e. The van der Waals surface area contributed by atoms with Crippen LogP contribution in [-0.2, 0) is 10.3 Å². The molecule has 4 nitrogen and oxygen atoms in total. The second-order valence-electron chi connectivity index (χ2n) is 10.9. The highest BCUT2D eigenvalue weighted by atomic mass is 32.1. The zero-order valence-corrected chi connectivity index (χ0v) is 27.1. The molecule has 2 atom stereocenters. The predicted octanol–water partition coefficient (Wildman–Crippen LogP) is 8.59. The maximum Gasteiger partial charge on any atom is 0.260 e. The highest BCUT2D eigenvalue weighted by Gasteiger charge is 2.44. The van der Waals surface area contributed by atoms with Crippen LogP contribution in [0.5, 0.6) is 0 Å². The summed E-state index contributed by atoms with van der Waals surface area (Å²) in [7, 11) is 0. The Morgan fingerprint density at radius 1 is 1.02 bits per heavy atom. The summed E-state index contributed by atoms with van der Waals surface area (Å²) in [6.07, 6.45) is 7.95. The summed E-state index contributed by atoms with van der Waals surface area (Å²) in [6.45, 7) is 22.7. The molecule has 1 amide bonds. The van der Waals surface area contributed by atoms with Crippen molar-refractivity contribution in [2.75, 3.05) is 25.9 Å². The van der Waals surface area contributed by atoms with Gasteiger partial charge in [0.2, 0.25) is 0 Å². The second-order valence-corrected chi connectivity index (χ2v) is 10.9. The number of benzene rings is 2. The van der Waals surface area contributed by atoms with Gasteiger partial charge in [-0.15, -0.1) is 6.58 Å². The number of nitrogens with zero attached hydrogens (tertiary/aromatic N) is 3. The maximum absolute atomic E-state index is 13.3. The number of amides is 1. The number of aliphatic imine (C=N–C) groups is 1. The van der Waals surface area contributed by atoms with Crippen LogP contribution in [0.25, 0.3) is 0 Å². The molecule has 2 aliphatic rings. The number of carbonyl (C=O) groups excluding carboxylic acids is 1. The molecule has 4 rings (SSSR count). The third kappa shape index (κ3) is 11.0. The minimum absolute atomic E-state index is 0.0520. The number of hydrogen-bond donors (Lipinski definition) is 1. The van der Waals surface area contributed by atoms with Crippen molar-refractivity contribution in [3.8, 4) is 0 Å². The summed E-state index contributed by atoms with van der Waals surface area (Å²) in [5.74, 6) is 0.626. The molecule has 0 radical (unpaired) electrons. The minimum atomic E-state index is -0.992.